The molecule has 0 saturated heterocycles. The van der Waals surface area contributed by atoms with Gasteiger partial charge in [0, 0.05) is 31.2 Å². The highest BCUT2D eigenvalue weighted by Crippen LogP contribution is 2.13. The van der Waals surface area contributed by atoms with Crippen molar-refractivity contribution in [1.82, 2.24) is 10.2 Å². The molecule has 1 rings (SSSR count). The average Bonchev–Trinajstić information content (AvgIpc) is 2.47. The van der Waals surface area contributed by atoms with E-state index >= 15 is 0 Å². The van der Waals surface area contributed by atoms with Crippen molar-refractivity contribution in [1.29, 1.82) is 0 Å². The van der Waals surface area contributed by atoms with E-state index in [9.17, 15) is 9.59 Å². The molecule has 0 atom stereocenters. The van der Waals surface area contributed by atoms with Gasteiger partial charge in [0.25, 0.3) is 0 Å². The van der Waals surface area contributed by atoms with Crippen LogP contribution in [0.3, 0.4) is 0 Å². The van der Waals surface area contributed by atoms with E-state index in [0.717, 1.165) is 18.7 Å². The highest BCUT2D eigenvalue weighted by Gasteiger charge is 2.16. The van der Waals surface area contributed by atoms with Crippen LogP contribution in [0.1, 0.15) is 40.2 Å². The minimum Gasteiger partial charge on any atom is -0.444 e. The molecule has 2 N–H and O–H groups in total. The molecule has 0 bridgehead atoms. The van der Waals surface area contributed by atoms with E-state index in [2.05, 4.69) is 15.5 Å². The third kappa shape index (κ3) is 9.10. The predicted molar refractivity (Wildman–Crippen MR) is 100 cm³/mol. The summed E-state index contributed by atoms with van der Waals surface area (Å²) in [4.78, 5) is 25.4. The number of ether oxygens (including phenoxy) is 1. The van der Waals surface area contributed by atoms with Crippen LogP contribution in [-0.4, -0.2) is 42.6 Å². The van der Waals surface area contributed by atoms with Crippen LogP contribution in [0.4, 0.5) is 10.5 Å². The lowest BCUT2D eigenvalue weighted by Crippen LogP contribution is -2.34. The van der Waals surface area contributed by atoms with E-state index in [0.29, 0.717) is 12.2 Å². The molecule has 0 aliphatic rings. The topological polar surface area (TPSA) is 70.7 Å². The van der Waals surface area contributed by atoms with Crippen molar-refractivity contribution in [3.63, 3.8) is 0 Å². The number of benzene rings is 1. The molecule has 6 heteroatoms. The summed E-state index contributed by atoms with van der Waals surface area (Å²) in [6, 6.07) is 7.65. The lowest BCUT2D eigenvalue weighted by Gasteiger charge is -2.20. The molecule has 0 heterocycles. The lowest BCUT2D eigenvalue weighted by atomic mass is 10.2. The van der Waals surface area contributed by atoms with E-state index in [1.165, 1.54) is 0 Å². The number of carbonyl (C=O) groups is 2. The normalized spacial score (nSPS) is 11.5. The third-order valence-corrected chi connectivity index (χ3v) is 3.37. The van der Waals surface area contributed by atoms with E-state index in [1.807, 2.05) is 65.9 Å². The predicted octanol–water partition coefficient (Wildman–Crippen LogP) is 3.24. The Morgan fingerprint density at radius 3 is 2.28 bits per heavy atom. The van der Waals surface area contributed by atoms with Gasteiger partial charge in [-0.25, -0.2) is 4.79 Å². The van der Waals surface area contributed by atoms with E-state index in [4.69, 9.17) is 4.74 Å². The number of nitrogens with zero attached hydrogens (tertiary/aromatic N) is 1. The second-order valence-corrected chi connectivity index (χ2v) is 7.51. The molecule has 6 nitrogen and oxygen atoms in total. The standard InChI is InChI=1S/C19H31N3O3/c1-14(2)17(23)20-11-12-22(6)13-15-7-9-16(10-8-15)21-18(24)25-19(3,4)5/h7-10,14H,11-13H2,1-6H3,(H,20,23)(H,21,24). The zero-order valence-electron chi connectivity index (χ0n) is 16.2. The van der Waals surface area contributed by atoms with Gasteiger partial charge in [0.2, 0.25) is 5.91 Å². The molecule has 2 amide bonds. The van der Waals surface area contributed by atoms with Crippen molar-refractivity contribution in [3.8, 4) is 0 Å². The highest BCUT2D eigenvalue weighted by atomic mass is 16.6. The second-order valence-electron chi connectivity index (χ2n) is 7.51. The summed E-state index contributed by atoms with van der Waals surface area (Å²) in [7, 11) is 2.01. The molecular weight excluding hydrogens is 318 g/mol. The van der Waals surface area contributed by atoms with Gasteiger partial charge in [-0.2, -0.15) is 0 Å². The molecule has 25 heavy (non-hydrogen) atoms. The summed E-state index contributed by atoms with van der Waals surface area (Å²) in [6.07, 6.45) is -0.460. The summed E-state index contributed by atoms with van der Waals surface area (Å²) >= 11 is 0. The summed E-state index contributed by atoms with van der Waals surface area (Å²) < 4.78 is 5.22. The smallest absolute Gasteiger partial charge is 0.412 e. The fourth-order valence-corrected chi connectivity index (χ4v) is 2.08. The van der Waals surface area contributed by atoms with E-state index in [1.54, 1.807) is 0 Å². The van der Waals surface area contributed by atoms with Crippen LogP contribution in [0.2, 0.25) is 0 Å². The Balaban J connectivity index is 2.41. The first-order valence-corrected chi connectivity index (χ1v) is 8.62. The number of hydrogen-bond donors (Lipinski definition) is 2. The Bertz CT molecular complexity index is 562. The molecular formula is C19H31N3O3. The molecule has 0 radical (unpaired) electrons. The van der Waals surface area contributed by atoms with Crippen molar-refractivity contribution in [2.75, 3.05) is 25.5 Å². The lowest BCUT2D eigenvalue weighted by molar-refractivity contribution is -0.124. The van der Waals surface area contributed by atoms with Crippen molar-refractivity contribution in [3.05, 3.63) is 29.8 Å². The van der Waals surface area contributed by atoms with Crippen LogP contribution in [-0.2, 0) is 16.1 Å². The number of nitrogens with one attached hydrogen (secondary N) is 2. The number of rotatable bonds is 7. The van der Waals surface area contributed by atoms with Gasteiger partial charge < -0.3 is 15.0 Å². The summed E-state index contributed by atoms with van der Waals surface area (Å²) in [5, 5.41) is 5.62. The minimum atomic E-state index is -0.516. The Labute approximate surface area is 150 Å². The average molecular weight is 349 g/mol. The summed E-state index contributed by atoms with van der Waals surface area (Å²) in [6.45, 7) is 11.4. The SMILES string of the molecule is CC(C)C(=O)NCCN(C)Cc1ccc(NC(=O)OC(C)(C)C)cc1. The van der Waals surface area contributed by atoms with E-state index in [-0.39, 0.29) is 11.8 Å². The largest absolute Gasteiger partial charge is 0.444 e. The van der Waals surface area contributed by atoms with Gasteiger partial charge >= 0.3 is 6.09 Å². The highest BCUT2D eigenvalue weighted by molar-refractivity contribution is 5.84. The van der Waals surface area contributed by atoms with Crippen LogP contribution in [0.5, 0.6) is 0 Å². The third-order valence-electron chi connectivity index (χ3n) is 3.37. The molecule has 0 unspecified atom stereocenters. The molecule has 0 aliphatic carbocycles. The molecule has 0 spiro atoms. The van der Waals surface area contributed by atoms with Gasteiger partial charge in [0.15, 0.2) is 0 Å². The number of carbonyl (C=O) groups excluding carboxylic acids is 2. The van der Waals surface area contributed by atoms with Gasteiger partial charge in [-0.05, 0) is 45.5 Å². The molecule has 0 aliphatic heterocycles. The van der Waals surface area contributed by atoms with Crippen molar-refractivity contribution in [2.45, 2.75) is 46.8 Å². The van der Waals surface area contributed by atoms with Crippen LogP contribution < -0.4 is 10.6 Å². The minimum absolute atomic E-state index is 0.00956. The number of likely N-dealkylation sites (N-methyl/N-ethyl adjacent to an activating group) is 1. The van der Waals surface area contributed by atoms with Gasteiger partial charge in [0.1, 0.15) is 5.60 Å². The van der Waals surface area contributed by atoms with Crippen molar-refractivity contribution >= 4 is 17.7 Å². The fourth-order valence-electron chi connectivity index (χ4n) is 2.08. The zero-order valence-corrected chi connectivity index (χ0v) is 16.2. The van der Waals surface area contributed by atoms with Crippen molar-refractivity contribution < 1.29 is 14.3 Å². The summed E-state index contributed by atoms with van der Waals surface area (Å²) in [5.41, 5.74) is 1.31. The number of hydrogen-bond acceptors (Lipinski definition) is 4. The number of amides is 2. The maximum Gasteiger partial charge on any atom is 0.412 e. The summed E-state index contributed by atoms with van der Waals surface area (Å²) in [5.74, 6) is 0.0845. The quantitative estimate of drug-likeness (QED) is 0.793. The van der Waals surface area contributed by atoms with Crippen LogP contribution in [0.25, 0.3) is 0 Å². The first-order valence-electron chi connectivity index (χ1n) is 8.62. The maximum atomic E-state index is 11.7. The second kappa shape index (κ2) is 9.42. The molecule has 140 valence electrons. The van der Waals surface area contributed by atoms with Crippen molar-refractivity contribution in [2.24, 2.45) is 5.92 Å². The molecule has 1 aromatic carbocycles. The molecule has 0 aromatic heterocycles. The van der Waals surface area contributed by atoms with Crippen LogP contribution >= 0.6 is 0 Å². The Morgan fingerprint density at radius 2 is 1.76 bits per heavy atom. The number of anilines is 1. The first-order chi connectivity index (χ1) is 11.6. The monoisotopic (exact) mass is 349 g/mol. The van der Waals surface area contributed by atoms with Crippen LogP contribution in [0.15, 0.2) is 24.3 Å². The van der Waals surface area contributed by atoms with E-state index < -0.39 is 11.7 Å². The van der Waals surface area contributed by atoms with Gasteiger partial charge in [-0.3, -0.25) is 10.1 Å². The Hall–Kier alpha value is -2.08. The van der Waals surface area contributed by atoms with Gasteiger partial charge in [-0.1, -0.05) is 26.0 Å². The maximum absolute atomic E-state index is 11.7. The van der Waals surface area contributed by atoms with Gasteiger partial charge in [-0.15, -0.1) is 0 Å². The zero-order chi connectivity index (χ0) is 19.0. The fraction of sp³-hybridized carbons (Fsp3) is 0.579. The van der Waals surface area contributed by atoms with Gasteiger partial charge in [0.05, 0.1) is 0 Å². The Morgan fingerprint density at radius 1 is 1.16 bits per heavy atom. The first kappa shape index (κ1) is 21.0. The van der Waals surface area contributed by atoms with Crippen LogP contribution in [0, 0.1) is 5.92 Å². The Kier molecular flexibility index (Phi) is 7.90. The molecule has 0 saturated carbocycles. The molecule has 0 fully saturated rings. The molecule has 1 aromatic rings.